The Labute approximate surface area is 53.5 Å². The first-order valence-electron chi connectivity index (χ1n) is 2.58. The highest BCUT2D eigenvalue weighted by molar-refractivity contribution is 6.27. The van der Waals surface area contributed by atoms with Crippen LogP contribution in [0, 0.1) is 0 Å². The fraction of sp³-hybridized carbons (Fsp3) is 0.800. The molecule has 0 unspecified atom stereocenters. The van der Waals surface area contributed by atoms with E-state index in [0.29, 0.717) is 24.4 Å². The van der Waals surface area contributed by atoms with E-state index in [1.165, 1.54) is 0 Å². The predicted molar refractivity (Wildman–Crippen MR) is 33.6 cm³/mol. The van der Waals surface area contributed by atoms with Gasteiger partial charge in [-0.3, -0.25) is 0 Å². The summed E-state index contributed by atoms with van der Waals surface area (Å²) in [7, 11) is 0. The molecule has 1 heterocycles. The number of halogens is 1. The summed E-state index contributed by atoms with van der Waals surface area (Å²) >= 11 is 5.42. The van der Waals surface area contributed by atoms with E-state index in [1.54, 1.807) is 0 Å². The average Bonchev–Trinajstić information content (AvgIpc) is 2.14. The Morgan fingerprint density at radius 1 is 2.00 bits per heavy atom. The van der Waals surface area contributed by atoms with Gasteiger partial charge in [0.05, 0.1) is 11.9 Å². The van der Waals surface area contributed by atoms with E-state index in [0.717, 1.165) is 0 Å². The van der Waals surface area contributed by atoms with Crippen LogP contribution in [-0.4, -0.2) is 24.4 Å². The zero-order valence-corrected chi connectivity index (χ0v) is 5.48. The molecule has 46 valence electrons. The van der Waals surface area contributed by atoms with Gasteiger partial charge in [-0.15, -0.1) is 11.6 Å². The van der Waals surface area contributed by atoms with Crippen LogP contribution in [0.1, 0.15) is 6.92 Å². The maximum absolute atomic E-state index is 5.42. The SMILES string of the molecule is C[C@H]1COC(CCl)=N1. The van der Waals surface area contributed by atoms with Crippen molar-refractivity contribution in [3.05, 3.63) is 0 Å². The summed E-state index contributed by atoms with van der Waals surface area (Å²) in [4.78, 5) is 4.07. The summed E-state index contributed by atoms with van der Waals surface area (Å²) in [5.41, 5.74) is 0. The molecular weight excluding hydrogens is 126 g/mol. The van der Waals surface area contributed by atoms with Gasteiger partial charge in [-0.1, -0.05) is 0 Å². The Bertz CT molecular complexity index is 113. The molecule has 0 amide bonds. The zero-order chi connectivity index (χ0) is 5.98. The second kappa shape index (κ2) is 2.35. The third kappa shape index (κ3) is 1.13. The van der Waals surface area contributed by atoms with Gasteiger partial charge in [0, 0.05) is 0 Å². The molecule has 0 saturated heterocycles. The van der Waals surface area contributed by atoms with Crippen molar-refractivity contribution in [3.8, 4) is 0 Å². The minimum atomic E-state index is 0.309. The molecule has 0 fully saturated rings. The van der Waals surface area contributed by atoms with Gasteiger partial charge < -0.3 is 4.74 Å². The van der Waals surface area contributed by atoms with Gasteiger partial charge in [-0.25, -0.2) is 4.99 Å². The van der Waals surface area contributed by atoms with Crippen molar-refractivity contribution < 1.29 is 4.74 Å². The van der Waals surface area contributed by atoms with Crippen molar-refractivity contribution in [1.29, 1.82) is 0 Å². The Balaban J connectivity index is 2.44. The van der Waals surface area contributed by atoms with Crippen molar-refractivity contribution in [2.24, 2.45) is 4.99 Å². The largest absolute Gasteiger partial charge is 0.478 e. The first kappa shape index (κ1) is 5.89. The van der Waals surface area contributed by atoms with Gasteiger partial charge in [-0.2, -0.15) is 0 Å². The number of hydrogen-bond acceptors (Lipinski definition) is 2. The number of alkyl halides is 1. The van der Waals surface area contributed by atoms with Gasteiger partial charge in [-0.05, 0) is 6.92 Å². The molecule has 1 aliphatic rings. The van der Waals surface area contributed by atoms with Crippen molar-refractivity contribution in [1.82, 2.24) is 0 Å². The molecule has 1 rings (SSSR count). The van der Waals surface area contributed by atoms with Crippen LogP contribution >= 0.6 is 11.6 Å². The fourth-order valence-electron chi connectivity index (χ4n) is 0.610. The summed E-state index contributed by atoms with van der Waals surface area (Å²) < 4.78 is 5.03. The van der Waals surface area contributed by atoms with Crippen molar-refractivity contribution in [2.45, 2.75) is 13.0 Å². The highest BCUT2D eigenvalue weighted by Crippen LogP contribution is 2.03. The minimum absolute atomic E-state index is 0.309. The van der Waals surface area contributed by atoms with Crippen molar-refractivity contribution >= 4 is 17.5 Å². The Morgan fingerprint density at radius 3 is 3.00 bits per heavy atom. The van der Waals surface area contributed by atoms with E-state index >= 15 is 0 Å². The normalized spacial score (nSPS) is 27.2. The lowest BCUT2D eigenvalue weighted by Crippen LogP contribution is -2.00. The van der Waals surface area contributed by atoms with Gasteiger partial charge in [0.15, 0.2) is 5.90 Å². The zero-order valence-electron chi connectivity index (χ0n) is 4.72. The topological polar surface area (TPSA) is 21.6 Å². The fourth-order valence-corrected chi connectivity index (χ4v) is 0.756. The lowest BCUT2D eigenvalue weighted by atomic mass is 10.4. The molecule has 0 radical (unpaired) electrons. The molecule has 0 spiro atoms. The van der Waals surface area contributed by atoms with Gasteiger partial charge >= 0.3 is 0 Å². The molecule has 0 N–H and O–H groups in total. The molecule has 0 bridgehead atoms. The van der Waals surface area contributed by atoms with Gasteiger partial charge in [0.1, 0.15) is 6.61 Å². The molecule has 1 atom stereocenters. The molecule has 3 heteroatoms. The summed E-state index contributed by atoms with van der Waals surface area (Å²) in [5, 5.41) is 0. The van der Waals surface area contributed by atoms with E-state index in [4.69, 9.17) is 16.3 Å². The maximum Gasteiger partial charge on any atom is 0.199 e. The van der Waals surface area contributed by atoms with Gasteiger partial charge in [0.25, 0.3) is 0 Å². The predicted octanol–water partition coefficient (Wildman–Crippen LogP) is 1.04. The maximum atomic E-state index is 5.42. The lowest BCUT2D eigenvalue weighted by molar-refractivity contribution is 0.321. The summed E-state index contributed by atoms with van der Waals surface area (Å²) in [5.74, 6) is 1.09. The van der Waals surface area contributed by atoms with E-state index < -0.39 is 0 Å². The van der Waals surface area contributed by atoms with Crippen molar-refractivity contribution in [2.75, 3.05) is 12.5 Å². The van der Waals surface area contributed by atoms with Crippen LogP contribution in [0.25, 0.3) is 0 Å². The van der Waals surface area contributed by atoms with Crippen LogP contribution in [0.4, 0.5) is 0 Å². The summed E-state index contributed by atoms with van der Waals surface area (Å²) in [6, 6.07) is 0.309. The number of aliphatic imine (C=N–C) groups is 1. The summed E-state index contributed by atoms with van der Waals surface area (Å²) in [6.45, 7) is 2.70. The summed E-state index contributed by atoms with van der Waals surface area (Å²) in [6.07, 6.45) is 0. The Morgan fingerprint density at radius 2 is 2.75 bits per heavy atom. The highest BCUT2D eigenvalue weighted by atomic mass is 35.5. The third-order valence-corrected chi connectivity index (χ3v) is 1.20. The van der Waals surface area contributed by atoms with Crippen LogP contribution < -0.4 is 0 Å². The van der Waals surface area contributed by atoms with Crippen LogP contribution in [-0.2, 0) is 4.74 Å². The molecule has 1 aliphatic heterocycles. The Hall–Kier alpha value is -0.240. The average molecular weight is 134 g/mol. The third-order valence-electron chi connectivity index (χ3n) is 0.970. The van der Waals surface area contributed by atoms with Crippen LogP contribution in [0.15, 0.2) is 4.99 Å². The second-order valence-electron chi connectivity index (χ2n) is 1.82. The molecular formula is C5H8ClNO. The Kier molecular flexibility index (Phi) is 1.73. The van der Waals surface area contributed by atoms with E-state index in [-0.39, 0.29) is 0 Å². The lowest BCUT2D eigenvalue weighted by Gasteiger charge is -1.92. The first-order valence-corrected chi connectivity index (χ1v) is 3.12. The molecule has 2 nitrogen and oxygen atoms in total. The molecule has 0 aromatic carbocycles. The highest BCUT2D eigenvalue weighted by Gasteiger charge is 2.11. The molecule has 0 aliphatic carbocycles. The standard InChI is InChI=1S/C5H8ClNO/c1-4-3-8-5(2-6)7-4/h4H,2-3H2,1H3/t4-/m0/s1. The number of nitrogens with zero attached hydrogens (tertiary/aromatic N) is 1. The van der Waals surface area contributed by atoms with Crippen molar-refractivity contribution in [3.63, 3.8) is 0 Å². The monoisotopic (exact) mass is 133 g/mol. The quantitative estimate of drug-likeness (QED) is 0.490. The molecule has 0 aromatic heterocycles. The molecule has 8 heavy (non-hydrogen) atoms. The van der Waals surface area contributed by atoms with Crippen LogP contribution in [0.2, 0.25) is 0 Å². The van der Waals surface area contributed by atoms with E-state index in [2.05, 4.69) is 4.99 Å². The molecule has 0 saturated carbocycles. The van der Waals surface area contributed by atoms with Crippen LogP contribution in [0.3, 0.4) is 0 Å². The van der Waals surface area contributed by atoms with Gasteiger partial charge in [0.2, 0.25) is 0 Å². The number of hydrogen-bond donors (Lipinski definition) is 0. The van der Waals surface area contributed by atoms with E-state index in [1.807, 2.05) is 6.92 Å². The number of ether oxygens (including phenoxy) is 1. The second-order valence-corrected chi connectivity index (χ2v) is 2.08. The van der Waals surface area contributed by atoms with E-state index in [9.17, 15) is 0 Å². The number of rotatable bonds is 1. The minimum Gasteiger partial charge on any atom is -0.478 e. The van der Waals surface area contributed by atoms with Crippen LogP contribution in [0.5, 0.6) is 0 Å². The molecule has 0 aromatic rings. The first-order chi connectivity index (χ1) is 3.83. The smallest absolute Gasteiger partial charge is 0.199 e.